The van der Waals surface area contributed by atoms with Gasteiger partial charge in [-0.25, -0.2) is 0 Å². The zero-order valence-electron chi connectivity index (χ0n) is 8.32. The molecule has 1 aliphatic rings. The molecule has 4 heteroatoms. The fraction of sp³-hybridized carbons (Fsp3) is 1.00. The van der Waals surface area contributed by atoms with Gasteiger partial charge in [0.05, 0.1) is 18.8 Å². The van der Waals surface area contributed by atoms with E-state index in [2.05, 4.69) is 0 Å². The standard InChI is InChI=1S/C9H19NO3/c1-7(11)8(2)13-9(5-10)3-4-12-6-9/h7-8,11H,3-6,10H2,1-2H3. The largest absolute Gasteiger partial charge is 0.391 e. The van der Waals surface area contributed by atoms with Crippen molar-refractivity contribution in [2.45, 2.75) is 38.1 Å². The Morgan fingerprint density at radius 3 is 2.69 bits per heavy atom. The lowest BCUT2D eigenvalue weighted by Gasteiger charge is -2.31. The second kappa shape index (κ2) is 4.37. The Labute approximate surface area is 79.0 Å². The molecule has 3 unspecified atom stereocenters. The number of nitrogens with two attached hydrogens (primary N) is 1. The third-order valence-electron chi connectivity index (χ3n) is 2.55. The predicted octanol–water partition coefficient (Wildman–Crippen LogP) is -0.110. The van der Waals surface area contributed by atoms with Crippen molar-refractivity contribution in [3.8, 4) is 0 Å². The SMILES string of the molecule is CC(O)C(C)OC1(CN)CCOC1. The Morgan fingerprint density at radius 1 is 1.62 bits per heavy atom. The highest BCUT2D eigenvalue weighted by Crippen LogP contribution is 2.24. The number of aliphatic hydroxyl groups is 1. The van der Waals surface area contributed by atoms with E-state index in [9.17, 15) is 5.11 Å². The Bertz CT molecular complexity index is 155. The van der Waals surface area contributed by atoms with Gasteiger partial charge < -0.3 is 20.3 Å². The Morgan fingerprint density at radius 2 is 2.31 bits per heavy atom. The van der Waals surface area contributed by atoms with Gasteiger partial charge in [0.25, 0.3) is 0 Å². The normalized spacial score (nSPS) is 33.2. The molecule has 1 aliphatic heterocycles. The molecule has 0 radical (unpaired) electrons. The molecule has 0 aliphatic carbocycles. The maximum atomic E-state index is 9.28. The fourth-order valence-electron chi connectivity index (χ4n) is 1.38. The van der Waals surface area contributed by atoms with Crippen molar-refractivity contribution < 1.29 is 14.6 Å². The van der Waals surface area contributed by atoms with Gasteiger partial charge in [-0.05, 0) is 13.8 Å². The average Bonchev–Trinajstić information content (AvgIpc) is 2.54. The molecule has 3 atom stereocenters. The summed E-state index contributed by atoms with van der Waals surface area (Å²) in [4.78, 5) is 0. The maximum Gasteiger partial charge on any atom is 0.106 e. The first-order valence-corrected chi connectivity index (χ1v) is 4.73. The van der Waals surface area contributed by atoms with Crippen LogP contribution in [-0.2, 0) is 9.47 Å². The molecule has 4 nitrogen and oxygen atoms in total. The molecule has 0 bridgehead atoms. The molecule has 0 saturated carbocycles. The number of ether oxygens (including phenoxy) is 2. The zero-order chi connectivity index (χ0) is 9.90. The Hall–Kier alpha value is -0.160. The third kappa shape index (κ3) is 2.64. The van der Waals surface area contributed by atoms with Gasteiger partial charge in [0, 0.05) is 19.6 Å². The summed E-state index contributed by atoms with van der Waals surface area (Å²) in [6.07, 6.45) is 0.162. The first-order valence-electron chi connectivity index (χ1n) is 4.73. The van der Waals surface area contributed by atoms with Crippen LogP contribution < -0.4 is 5.73 Å². The molecule has 1 fully saturated rings. The van der Waals surface area contributed by atoms with Gasteiger partial charge in [0.15, 0.2) is 0 Å². The van der Waals surface area contributed by atoms with Crippen LogP contribution in [0.3, 0.4) is 0 Å². The van der Waals surface area contributed by atoms with Gasteiger partial charge in [0.1, 0.15) is 5.60 Å². The Balaban J connectivity index is 2.48. The summed E-state index contributed by atoms with van der Waals surface area (Å²) in [5.41, 5.74) is 5.27. The molecule has 1 rings (SSSR count). The monoisotopic (exact) mass is 189 g/mol. The molecule has 13 heavy (non-hydrogen) atoms. The van der Waals surface area contributed by atoms with Crippen LogP contribution in [0.2, 0.25) is 0 Å². The van der Waals surface area contributed by atoms with Crippen LogP contribution in [-0.4, -0.2) is 42.7 Å². The quantitative estimate of drug-likeness (QED) is 0.647. The minimum Gasteiger partial charge on any atom is -0.391 e. The molecule has 0 aromatic heterocycles. The summed E-state index contributed by atoms with van der Waals surface area (Å²) in [7, 11) is 0. The molecular weight excluding hydrogens is 170 g/mol. The van der Waals surface area contributed by atoms with Gasteiger partial charge >= 0.3 is 0 Å². The van der Waals surface area contributed by atoms with Crippen LogP contribution in [0.1, 0.15) is 20.3 Å². The summed E-state index contributed by atoms with van der Waals surface area (Å²) < 4.78 is 11.0. The van der Waals surface area contributed by atoms with E-state index in [1.54, 1.807) is 6.92 Å². The van der Waals surface area contributed by atoms with Crippen molar-refractivity contribution in [2.24, 2.45) is 5.73 Å². The van der Waals surface area contributed by atoms with Gasteiger partial charge in [-0.2, -0.15) is 0 Å². The zero-order valence-corrected chi connectivity index (χ0v) is 8.32. The molecule has 0 amide bonds. The summed E-state index contributed by atoms with van der Waals surface area (Å²) in [6.45, 7) is 5.25. The van der Waals surface area contributed by atoms with Crippen LogP contribution >= 0.6 is 0 Å². The van der Waals surface area contributed by atoms with Crippen molar-refractivity contribution in [1.82, 2.24) is 0 Å². The van der Waals surface area contributed by atoms with Crippen LogP contribution in [0.5, 0.6) is 0 Å². The van der Waals surface area contributed by atoms with E-state index in [4.69, 9.17) is 15.2 Å². The minimum atomic E-state index is -0.468. The van der Waals surface area contributed by atoms with Crippen molar-refractivity contribution in [3.05, 3.63) is 0 Å². The molecule has 0 aromatic rings. The van der Waals surface area contributed by atoms with E-state index >= 15 is 0 Å². The summed E-state index contributed by atoms with van der Waals surface area (Å²) >= 11 is 0. The summed E-state index contributed by atoms with van der Waals surface area (Å²) in [5, 5.41) is 9.28. The van der Waals surface area contributed by atoms with Crippen molar-refractivity contribution in [1.29, 1.82) is 0 Å². The maximum absolute atomic E-state index is 9.28. The highest BCUT2D eigenvalue weighted by Gasteiger charge is 2.36. The van der Waals surface area contributed by atoms with Gasteiger partial charge in [0.2, 0.25) is 0 Å². The van der Waals surface area contributed by atoms with Gasteiger partial charge in [-0.3, -0.25) is 0 Å². The lowest BCUT2D eigenvalue weighted by Crippen LogP contribution is -2.45. The van der Waals surface area contributed by atoms with E-state index in [1.165, 1.54) is 0 Å². The number of aliphatic hydroxyl groups excluding tert-OH is 1. The Kier molecular flexibility index (Phi) is 3.67. The van der Waals surface area contributed by atoms with Crippen LogP contribution in [0.4, 0.5) is 0 Å². The van der Waals surface area contributed by atoms with Crippen LogP contribution in [0.15, 0.2) is 0 Å². The summed E-state index contributed by atoms with van der Waals surface area (Å²) in [6, 6.07) is 0. The predicted molar refractivity (Wildman–Crippen MR) is 49.4 cm³/mol. The van der Waals surface area contributed by atoms with E-state index in [0.29, 0.717) is 19.8 Å². The van der Waals surface area contributed by atoms with E-state index in [-0.39, 0.29) is 11.7 Å². The first kappa shape index (κ1) is 10.9. The van der Waals surface area contributed by atoms with Crippen molar-refractivity contribution >= 4 is 0 Å². The fourth-order valence-corrected chi connectivity index (χ4v) is 1.38. The molecule has 78 valence electrons. The van der Waals surface area contributed by atoms with Crippen molar-refractivity contribution in [2.75, 3.05) is 19.8 Å². The number of hydrogen-bond donors (Lipinski definition) is 2. The van der Waals surface area contributed by atoms with Gasteiger partial charge in [-0.15, -0.1) is 0 Å². The van der Waals surface area contributed by atoms with E-state index in [1.807, 2.05) is 6.92 Å². The van der Waals surface area contributed by atoms with E-state index in [0.717, 1.165) is 6.42 Å². The molecular formula is C9H19NO3. The lowest BCUT2D eigenvalue weighted by atomic mass is 10.0. The molecule has 1 heterocycles. The van der Waals surface area contributed by atoms with Crippen LogP contribution in [0.25, 0.3) is 0 Å². The number of rotatable bonds is 4. The second-order valence-corrected chi connectivity index (χ2v) is 3.75. The first-order chi connectivity index (χ1) is 6.09. The number of hydrogen-bond acceptors (Lipinski definition) is 4. The van der Waals surface area contributed by atoms with Gasteiger partial charge in [-0.1, -0.05) is 0 Å². The van der Waals surface area contributed by atoms with Crippen molar-refractivity contribution in [3.63, 3.8) is 0 Å². The van der Waals surface area contributed by atoms with E-state index < -0.39 is 6.10 Å². The average molecular weight is 189 g/mol. The lowest BCUT2D eigenvalue weighted by molar-refractivity contribution is -0.119. The smallest absolute Gasteiger partial charge is 0.106 e. The minimum absolute atomic E-state index is 0.190. The second-order valence-electron chi connectivity index (χ2n) is 3.75. The molecule has 1 saturated heterocycles. The molecule has 0 spiro atoms. The molecule has 0 aromatic carbocycles. The highest BCUT2D eigenvalue weighted by atomic mass is 16.6. The van der Waals surface area contributed by atoms with Crippen LogP contribution in [0, 0.1) is 0 Å². The highest BCUT2D eigenvalue weighted by molar-refractivity contribution is 4.87. The summed E-state index contributed by atoms with van der Waals surface area (Å²) in [5.74, 6) is 0. The topological polar surface area (TPSA) is 64.7 Å². The molecule has 3 N–H and O–H groups in total. The third-order valence-corrected chi connectivity index (χ3v) is 2.55.